The molecule has 0 aliphatic carbocycles. The number of carbonyl (C=O) groups excluding carboxylic acids is 1. The van der Waals surface area contributed by atoms with Crippen molar-refractivity contribution < 1.29 is 9.53 Å². The molecular weight excluding hydrogens is 386 g/mol. The fraction of sp³-hybridized carbons (Fsp3) is 0.227. The lowest BCUT2D eigenvalue weighted by Crippen LogP contribution is -2.27. The van der Waals surface area contributed by atoms with Crippen LogP contribution in [0.5, 0.6) is 0 Å². The molecule has 2 aromatic carbocycles. The van der Waals surface area contributed by atoms with Gasteiger partial charge in [0.2, 0.25) is 0 Å². The summed E-state index contributed by atoms with van der Waals surface area (Å²) in [7, 11) is 1.55. The molecule has 0 aliphatic heterocycles. The third-order valence-electron chi connectivity index (χ3n) is 4.43. The number of aryl methyl sites for hydroxylation is 2. The number of benzene rings is 2. The highest BCUT2D eigenvalue weighted by Crippen LogP contribution is 2.29. The van der Waals surface area contributed by atoms with E-state index in [1.807, 2.05) is 24.3 Å². The molecule has 29 heavy (non-hydrogen) atoms. The van der Waals surface area contributed by atoms with Crippen LogP contribution in [0, 0.1) is 13.8 Å². The van der Waals surface area contributed by atoms with E-state index in [4.69, 9.17) is 4.74 Å². The monoisotopic (exact) mass is 409 g/mol. The molecule has 0 fully saturated rings. The van der Waals surface area contributed by atoms with E-state index < -0.39 is 0 Å². The van der Waals surface area contributed by atoms with Crippen LogP contribution in [0.15, 0.2) is 69.2 Å². The van der Waals surface area contributed by atoms with Crippen molar-refractivity contribution in [2.75, 3.05) is 19.0 Å². The molecule has 0 spiro atoms. The van der Waals surface area contributed by atoms with Crippen molar-refractivity contribution in [3.8, 4) is 0 Å². The SMILES string of the molecule is COCCn1nc(C(=O)Nc2ccc(Sc3ccc(C)c(C)c3)cc2)ccc1=O. The highest BCUT2D eigenvalue weighted by Gasteiger charge is 2.10. The van der Waals surface area contributed by atoms with Gasteiger partial charge in [0.15, 0.2) is 0 Å². The molecule has 0 bridgehead atoms. The molecule has 0 unspecified atom stereocenters. The number of anilines is 1. The maximum atomic E-state index is 12.5. The summed E-state index contributed by atoms with van der Waals surface area (Å²) < 4.78 is 6.18. The van der Waals surface area contributed by atoms with E-state index in [0.717, 1.165) is 4.90 Å². The zero-order valence-electron chi connectivity index (χ0n) is 16.6. The smallest absolute Gasteiger partial charge is 0.276 e. The summed E-state index contributed by atoms with van der Waals surface area (Å²) in [5.41, 5.74) is 3.10. The summed E-state index contributed by atoms with van der Waals surface area (Å²) in [6, 6.07) is 16.8. The minimum atomic E-state index is -0.370. The van der Waals surface area contributed by atoms with Crippen LogP contribution in [-0.2, 0) is 11.3 Å². The van der Waals surface area contributed by atoms with Gasteiger partial charge < -0.3 is 10.1 Å². The Morgan fingerprint density at radius 2 is 1.76 bits per heavy atom. The Labute approximate surface area is 173 Å². The van der Waals surface area contributed by atoms with E-state index in [9.17, 15) is 9.59 Å². The normalized spacial score (nSPS) is 10.7. The third kappa shape index (κ3) is 5.56. The molecule has 6 nitrogen and oxygen atoms in total. The number of methoxy groups -OCH3 is 1. The minimum absolute atomic E-state index is 0.175. The predicted octanol–water partition coefficient (Wildman–Crippen LogP) is 3.91. The van der Waals surface area contributed by atoms with Gasteiger partial charge in [0.25, 0.3) is 11.5 Å². The highest BCUT2D eigenvalue weighted by atomic mass is 32.2. The van der Waals surface area contributed by atoms with Crippen molar-refractivity contribution in [3.63, 3.8) is 0 Å². The average molecular weight is 410 g/mol. The summed E-state index contributed by atoms with van der Waals surface area (Å²) >= 11 is 1.67. The van der Waals surface area contributed by atoms with Gasteiger partial charge in [-0.15, -0.1) is 0 Å². The first-order chi connectivity index (χ1) is 14.0. The second-order valence-corrected chi connectivity index (χ2v) is 7.75. The van der Waals surface area contributed by atoms with Crippen LogP contribution in [0.25, 0.3) is 0 Å². The first-order valence-electron chi connectivity index (χ1n) is 9.20. The summed E-state index contributed by atoms with van der Waals surface area (Å²) in [4.78, 5) is 26.5. The van der Waals surface area contributed by atoms with Crippen molar-refractivity contribution in [2.45, 2.75) is 30.2 Å². The Morgan fingerprint density at radius 3 is 2.45 bits per heavy atom. The van der Waals surface area contributed by atoms with Crippen molar-refractivity contribution in [3.05, 3.63) is 81.8 Å². The molecule has 1 aromatic heterocycles. The number of ether oxygens (including phenoxy) is 1. The van der Waals surface area contributed by atoms with Gasteiger partial charge in [-0.1, -0.05) is 17.8 Å². The van der Waals surface area contributed by atoms with Gasteiger partial charge in [0.05, 0.1) is 13.2 Å². The lowest BCUT2D eigenvalue weighted by Gasteiger charge is -2.09. The van der Waals surface area contributed by atoms with Crippen molar-refractivity contribution in [1.82, 2.24) is 9.78 Å². The van der Waals surface area contributed by atoms with Crippen LogP contribution < -0.4 is 10.9 Å². The average Bonchev–Trinajstić information content (AvgIpc) is 2.71. The van der Waals surface area contributed by atoms with Gasteiger partial charge in [-0.05, 0) is 67.4 Å². The number of hydrogen-bond donors (Lipinski definition) is 1. The third-order valence-corrected chi connectivity index (χ3v) is 5.43. The van der Waals surface area contributed by atoms with Crippen LogP contribution in [0.3, 0.4) is 0 Å². The molecule has 0 atom stereocenters. The number of rotatable bonds is 7. The molecule has 1 heterocycles. The first-order valence-corrected chi connectivity index (χ1v) is 10.0. The summed E-state index contributed by atoms with van der Waals surface area (Å²) in [6.07, 6.45) is 0. The lowest BCUT2D eigenvalue weighted by molar-refractivity contribution is 0.101. The fourth-order valence-electron chi connectivity index (χ4n) is 2.62. The zero-order valence-corrected chi connectivity index (χ0v) is 17.5. The summed E-state index contributed by atoms with van der Waals surface area (Å²) in [5, 5.41) is 6.91. The quantitative estimate of drug-likeness (QED) is 0.640. The fourth-order valence-corrected chi connectivity index (χ4v) is 3.54. The molecule has 0 saturated carbocycles. The number of aromatic nitrogens is 2. The van der Waals surface area contributed by atoms with E-state index >= 15 is 0 Å². The molecule has 0 radical (unpaired) electrons. The Bertz CT molecular complexity index is 1060. The maximum absolute atomic E-state index is 12.5. The Morgan fingerprint density at radius 1 is 1.03 bits per heavy atom. The number of carbonyl (C=O) groups is 1. The Kier molecular flexibility index (Phi) is 6.85. The number of amides is 1. The molecule has 0 aliphatic rings. The maximum Gasteiger partial charge on any atom is 0.276 e. The first kappa shape index (κ1) is 20.8. The second kappa shape index (κ2) is 9.54. The minimum Gasteiger partial charge on any atom is -0.383 e. The Balaban J connectivity index is 1.67. The second-order valence-electron chi connectivity index (χ2n) is 6.60. The van der Waals surface area contributed by atoms with Gasteiger partial charge in [0, 0.05) is 28.7 Å². The van der Waals surface area contributed by atoms with E-state index in [-0.39, 0.29) is 17.2 Å². The summed E-state index contributed by atoms with van der Waals surface area (Å²) in [6.45, 7) is 4.84. The van der Waals surface area contributed by atoms with Gasteiger partial charge in [-0.25, -0.2) is 4.68 Å². The summed E-state index contributed by atoms with van der Waals surface area (Å²) in [5.74, 6) is -0.370. The molecule has 1 amide bonds. The standard InChI is InChI=1S/C22H23N3O3S/c1-15-4-7-19(14-16(15)2)29-18-8-5-17(6-9-18)23-22(27)20-10-11-21(26)25(24-20)12-13-28-3/h4-11,14H,12-13H2,1-3H3,(H,23,27). The molecule has 3 aromatic rings. The van der Waals surface area contributed by atoms with E-state index in [1.165, 1.54) is 32.8 Å². The topological polar surface area (TPSA) is 73.2 Å². The van der Waals surface area contributed by atoms with Crippen molar-refractivity contribution in [1.29, 1.82) is 0 Å². The molecule has 1 N–H and O–H groups in total. The largest absolute Gasteiger partial charge is 0.383 e. The van der Waals surface area contributed by atoms with Crippen LogP contribution >= 0.6 is 11.8 Å². The highest BCUT2D eigenvalue weighted by molar-refractivity contribution is 7.99. The predicted molar refractivity (Wildman–Crippen MR) is 115 cm³/mol. The molecule has 0 saturated heterocycles. The Hall–Kier alpha value is -2.90. The van der Waals surface area contributed by atoms with Crippen molar-refractivity contribution in [2.24, 2.45) is 0 Å². The molecule has 150 valence electrons. The molecule has 7 heteroatoms. The van der Waals surface area contributed by atoms with Gasteiger partial charge in [0.1, 0.15) is 5.69 Å². The number of nitrogens with zero attached hydrogens (tertiary/aromatic N) is 2. The number of nitrogens with one attached hydrogen (secondary N) is 1. The number of hydrogen-bond acceptors (Lipinski definition) is 5. The van der Waals surface area contributed by atoms with Crippen LogP contribution in [-0.4, -0.2) is 29.4 Å². The van der Waals surface area contributed by atoms with Gasteiger partial charge in [-0.2, -0.15) is 5.10 Å². The van der Waals surface area contributed by atoms with E-state index in [0.29, 0.717) is 18.8 Å². The van der Waals surface area contributed by atoms with Gasteiger partial charge in [-0.3, -0.25) is 9.59 Å². The molecule has 3 rings (SSSR count). The van der Waals surface area contributed by atoms with Crippen LogP contribution in [0.4, 0.5) is 5.69 Å². The van der Waals surface area contributed by atoms with Crippen molar-refractivity contribution >= 4 is 23.4 Å². The van der Waals surface area contributed by atoms with Crippen LogP contribution in [0.1, 0.15) is 21.6 Å². The van der Waals surface area contributed by atoms with E-state index in [1.54, 1.807) is 18.9 Å². The molecular formula is C22H23N3O3S. The van der Waals surface area contributed by atoms with Gasteiger partial charge >= 0.3 is 0 Å². The van der Waals surface area contributed by atoms with E-state index in [2.05, 4.69) is 42.5 Å². The van der Waals surface area contributed by atoms with Crippen LogP contribution in [0.2, 0.25) is 0 Å². The lowest BCUT2D eigenvalue weighted by atomic mass is 10.1. The zero-order chi connectivity index (χ0) is 20.8.